The molecule has 0 fully saturated rings. The zero-order valence-electron chi connectivity index (χ0n) is 18.0. The second-order valence-electron chi connectivity index (χ2n) is 7.52. The van der Waals surface area contributed by atoms with Crippen LogP contribution in [-0.2, 0) is 10.5 Å². The van der Waals surface area contributed by atoms with Gasteiger partial charge in [0, 0.05) is 11.3 Å². The number of anilines is 1. The first kappa shape index (κ1) is 23.4. The lowest BCUT2D eigenvalue weighted by molar-refractivity contribution is -0.118. The molecule has 2 aromatic carbocycles. The minimum absolute atomic E-state index is 0.109. The van der Waals surface area contributed by atoms with E-state index in [0.717, 1.165) is 15.5 Å². The van der Waals surface area contributed by atoms with E-state index in [1.54, 1.807) is 24.3 Å². The molecule has 1 heterocycles. The van der Waals surface area contributed by atoms with Crippen molar-refractivity contribution in [3.63, 3.8) is 0 Å². The summed E-state index contributed by atoms with van der Waals surface area (Å²) in [6.45, 7) is 5.66. The predicted octanol–water partition coefficient (Wildman–Crippen LogP) is 4.40. The van der Waals surface area contributed by atoms with Gasteiger partial charge in [0.2, 0.25) is 11.0 Å². The van der Waals surface area contributed by atoms with Crippen molar-refractivity contribution in [2.45, 2.75) is 36.9 Å². The molecular weight excluding hydrogens is 442 g/mol. The highest BCUT2D eigenvalue weighted by Crippen LogP contribution is 2.28. The average Bonchev–Trinajstić information content (AvgIpc) is 3.23. The van der Waals surface area contributed by atoms with Crippen molar-refractivity contribution in [3.05, 3.63) is 70.8 Å². The maximum atomic E-state index is 12.8. The van der Waals surface area contributed by atoms with Crippen molar-refractivity contribution in [1.29, 1.82) is 5.26 Å². The molecule has 0 aliphatic rings. The summed E-state index contributed by atoms with van der Waals surface area (Å²) in [5.41, 5.74) is 3.17. The normalized spacial score (nSPS) is 11.6. The molecule has 3 rings (SSSR count). The van der Waals surface area contributed by atoms with E-state index >= 15 is 0 Å². The van der Waals surface area contributed by atoms with Gasteiger partial charge in [0.1, 0.15) is 6.04 Å². The van der Waals surface area contributed by atoms with Gasteiger partial charge in [0.25, 0.3) is 5.91 Å². The van der Waals surface area contributed by atoms with Crippen LogP contribution in [0, 0.1) is 24.2 Å². The second-order valence-corrected chi connectivity index (χ2v) is 9.72. The number of hydrogen-bond acceptors (Lipinski definition) is 7. The number of amides is 2. The number of aryl methyl sites for hydroxylation is 1. The molecule has 3 aromatic rings. The molecule has 0 unspecified atom stereocenters. The van der Waals surface area contributed by atoms with Gasteiger partial charge in [0.15, 0.2) is 4.34 Å². The van der Waals surface area contributed by atoms with E-state index in [0.29, 0.717) is 22.0 Å². The number of nitrogens with zero attached hydrogens (tertiary/aromatic N) is 3. The third-order valence-corrected chi connectivity index (χ3v) is 6.64. The standard InChI is InChI=1S/C23H23N5O2S2/c1-14(2)19(25-20(29)18-6-4-5-15(3)11-18)21(30)26-22-27-28-23(32-22)31-13-17-9-7-16(12-24)8-10-17/h4-11,14,19H,13H2,1-3H3,(H,25,29)(H,26,27,30)/t19-/m0/s1. The molecule has 1 aromatic heterocycles. The number of benzene rings is 2. The van der Waals surface area contributed by atoms with E-state index in [-0.39, 0.29) is 17.7 Å². The highest BCUT2D eigenvalue weighted by molar-refractivity contribution is 8.00. The first-order valence-corrected chi connectivity index (χ1v) is 11.8. The van der Waals surface area contributed by atoms with Gasteiger partial charge in [0.05, 0.1) is 11.6 Å². The fourth-order valence-electron chi connectivity index (χ4n) is 2.87. The minimum atomic E-state index is -0.707. The molecule has 9 heteroatoms. The van der Waals surface area contributed by atoms with Crippen LogP contribution in [0.25, 0.3) is 0 Å². The number of carbonyl (C=O) groups is 2. The van der Waals surface area contributed by atoms with Crippen LogP contribution < -0.4 is 10.6 Å². The van der Waals surface area contributed by atoms with Crippen LogP contribution in [0.4, 0.5) is 5.13 Å². The molecule has 32 heavy (non-hydrogen) atoms. The van der Waals surface area contributed by atoms with E-state index in [1.807, 2.05) is 45.0 Å². The summed E-state index contributed by atoms with van der Waals surface area (Å²) in [6.07, 6.45) is 0. The molecule has 0 saturated carbocycles. The monoisotopic (exact) mass is 465 g/mol. The molecule has 2 N–H and O–H groups in total. The molecule has 0 spiro atoms. The molecule has 0 aliphatic heterocycles. The van der Waals surface area contributed by atoms with Crippen LogP contribution in [0.1, 0.15) is 40.9 Å². The van der Waals surface area contributed by atoms with Gasteiger partial charge >= 0.3 is 0 Å². The Hall–Kier alpha value is -3.22. The smallest absolute Gasteiger partial charge is 0.251 e. The number of rotatable bonds is 8. The van der Waals surface area contributed by atoms with Gasteiger partial charge in [-0.1, -0.05) is 66.8 Å². The van der Waals surface area contributed by atoms with Crippen molar-refractivity contribution in [1.82, 2.24) is 15.5 Å². The van der Waals surface area contributed by atoms with E-state index in [2.05, 4.69) is 26.9 Å². The van der Waals surface area contributed by atoms with Crippen LogP contribution in [-0.4, -0.2) is 28.1 Å². The Morgan fingerprint density at radius 3 is 2.56 bits per heavy atom. The van der Waals surface area contributed by atoms with Crippen LogP contribution in [0.5, 0.6) is 0 Å². The summed E-state index contributed by atoms with van der Waals surface area (Å²) in [4.78, 5) is 25.4. The maximum Gasteiger partial charge on any atom is 0.251 e. The number of nitrogens with one attached hydrogen (secondary N) is 2. The lowest BCUT2D eigenvalue weighted by Gasteiger charge is -2.21. The summed E-state index contributed by atoms with van der Waals surface area (Å²) in [6, 6.07) is 16.0. The molecule has 0 radical (unpaired) electrons. The highest BCUT2D eigenvalue weighted by Gasteiger charge is 2.25. The predicted molar refractivity (Wildman–Crippen MR) is 127 cm³/mol. The Bertz CT molecular complexity index is 1140. The number of carbonyl (C=O) groups excluding carboxylic acids is 2. The molecular formula is C23H23N5O2S2. The van der Waals surface area contributed by atoms with Crippen molar-refractivity contribution in [3.8, 4) is 6.07 Å². The van der Waals surface area contributed by atoms with Crippen LogP contribution in [0.15, 0.2) is 52.9 Å². The van der Waals surface area contributed by atoms with E-state index in [4.69, 9.17) is 5.26 Å². The third kappa shape index (κ3) is 6.39. The first-order valence-electron chi connectivity index (χ1n) is 9.99. The lowest BCUT2D eigenvalue weighted by Crippen LogP contribution is -2.47. The van der Waals surface area contributed by atoms with E-state index < -0.39 is 6.04 Å². The summed E-state index contributed by atoms with van der Waals surface area (Å²) in [5.74, 6) is -0.0590. The average molecular weight is 466 g/mol. The fraction of sp³-hybridized carbons (Fsp3) is 0.261. The summed E-state index contributed by atoms with van der Waals surface area (Å²) >= 11 is 2.78. The first-order chi connectivity index (χ1) is 15.4. The molecule has 2 amide bonds. The Morgan fingerprint density at radius 1 is 1.16 bits per heavy atom. The number of thioether (sulfide) groups is 1. The van der Waals surface area contributed by atoms with Gasteiger partial charge in [-0.3, -0.25) is 14.9 Å². The van der Waals surface area contributed by atoms with Crippen LogP contribution in [0.3, 0.4) is 0 Å². The quantitative estimate of drug-likeness (QED) is 0.377. The van der Waals surface area contributed by atoms with Gasteiger partial charge < -0.3 is 5.32 Å². The van der Waals surface area contributed by atoms with Gasteiger partial charge in [-0.15, -0.1) is 10.2 Å². The fourth-order valence-corrected chi connectivity index (χ4v) is 4.58. The Balaban J connectivity index is 1.58. The Labute approximate surface area is 195 Å². The van der Waals surface area contributed by atoms with Crippen molar-refractivity contribution >= 4 is 40.0 Å². The maximum absolute atomic E-state index is 12.8. The van der Waals surface area contributed by atoms with E-state index in [9.17, 15) is 9.59 Å². The summed E-state index contributed by atoms with van der Waals surface area (Å²) in [5, 5.41) is 23.0. The number of nitriles is 1. The molecule has 0 saturated heterocycles. The molecule has 164 valence electrons. The van der Waals surface area contributed by atoms with Crippen molar-refractivity contribution < 1.29 is 9.59 Å². The SMILES string of the molecule is Cc1cccc(C(=O)N[C@H](C(=O)Nc2nnc(SCc3ccc(C#N)cc3)s2)C(C)C)c1. The highest BCUT2D eigenvalue weighted by atomic mass is 32.2. The lowest BCUT2D eigenvalue weighted by atomic mass is 10.0. The second kappa shape index (κ2) is 10.9. The summed E-state index contributed by atoms with van der Waals surface area (Å²) < 4.78 is 0.717. The van der Waals surface area contributed by atoms with Gasteiger partial charge in [-0.2, -0.15) is 5.26 Å². The molecule has 1 atom stereocenters. The topological polar surface area (TPSA) is 108 Å². The van der Waals surface area contributed by atoms with Crippen LogP contribution in [0.2, 0.25) is 0 Å². The zero-order valence-corrected chi connectivity index (χ0v) is 19.6. The Kier molecular flexibility index (Phi) is 7.98. The summed E-state index contributed by atoms with van der Waals surface area (Å²) in [7, 11) is 0. The number of hydrogen-bond donors (Lipinski definition) is 2. The van der Waals surface area contributed by atoms with Crippen molar-refractivity contribution in [2.75, 3.05) is 5.32 Å². The largest absolute Gasteiger partial charge is 0.340 e. The van der Waals surface area contributed by atoms with Crippen LogP contribution >= 0.6 is 23.1 Å². The van der Waals surface area contributed by atoms with Gasteiger partial charge in [-0.05, 0) is 42.7 Å². The molecule has 0 aliphatic carbocycles. The molecule has 0 bridgehead atoms. The van der Waals surface area contributed by atoms with Gasteiger partial charge in [-0.25, -0.2) is 0 Å². The Morgan fingerprint density at radius 2 is 1.91 bits per heavy atom. The minimum Gasteiger partial charge on any atom is -0.340 e. The number of aromatic nitrogens is 2. The van der Waals surface area contributed by atoms with Crippen molar-refractivity contribution in [2.24, 2.45) is 5.92 Å². The zero-order chi connectivity index (χ0) is 23.1. The molecule has 7 nitrogen and oxygen atoms in total. The van der Waals surface area contributed by atoms with E-state index in [1.165, 1.54) is 23.1 Å². The third-order valence-electron chi connectivity index (χ3n) is 4.60.